The summed E-state index contributed by atoms with van der Waals surface area (Å²) in [5.41, 5.74) is 1.18. The van der Waals surface area contributed by atoms with Gasteiger partial charge in [-0.3, -0.25) is 0 Å². The SMILES string of the molecule is CCCC(C)NC(C)c1ccc(Cl)nc1. The molecule has 1 N–H and O–H groups in total. The largest absolute Gasteiger partial charge is 0.308 e. The molecule has 0 saturated heterocycles. The van der Waals surface area contributed by atoms with Gasteiger partial charge in [0.15, 0.2) is 0 Å². The van der Waals surface area contributed by atoms with Gasteiger partial charge in [0.25, 0.3) is 0 Å². The molecule has 1 aromatic rings. The maximum absolute atomic E-state index is 5.74. The molecule has 0 amide bonds. The predicted molar refractivity (Wildman–Crippen MR) is 65.2 cm³/mol. The summed E-state index contributed by atoms with van der Waals surface area (Å²) >= 11 is 5.74. The van der Waals surface area contributed by atoms with Gasteiger partial charge >= 0.3 is 0 Å². The van der Waals surface area contributed by atoms with Crippen molar-refractivity contribution in [2.75, 3.05) is 0 Å². The van der Waals surface area contributed by atoms with Crippen molar-refractivity contribution in [3.05, 3.63) is 29.0 Å². The molecule has 0 fully saturated rings. The minimum Gasteiger partial charge on any atom is -0.308 e. The Morgan fingerprint density at radius 2 is 2.13 bits per heavy atom. The van der Waals surface area contributed by atoms with Crippen LogP contribution in [0.4, 0.5) is 0 Å². The van der Waals surface area contributed by atoms with Gasteiger partial charge in [-0.15, -0.1) is 0 Å². The van der Waals surface area contributed by atoms with Crippen LogP contribution in [0.25, 0.3) is 0 Å². The van der Waals surface area contributed by atoms with Crippen LogP contribution in [0.15, 0.2) is 18.3 Å². The van der Waals surface area contributed by atoms with Gasteiger partial charge < -0.3 is 5.32 Å². The number of rotatable bonds is 5. The van der Waals surface area contributed by atoms with Crippen LogP contribution in [0, 0.1) is 0 Å². The zero-order valence-corrected chi connectivity index (χ0v) is 10.4. The first-order valence-electron chi connectivity index (χ1n) is 5.51. The lowest BCUT2D eigenvalue weighted by Crippen LogP contribution is -2.28. The summed E-state index contributed by atoms with van der Waals surface area (Å²) in [5, 5.41) is 4.08. The molecule has 1 heterocycles. The number of hydrogen-bond acceptors (Lipinski definition) is 2. The van der Waals surface area contributed by atoms with Crippen LogP contribution in [0.5, 0.6) is 0 Å². The van der Waals surface area contributed by atoms with Gasteiger partial charge in [-0.25, -0.2) is 4.98 Å². The molecule has 84 valence electrons. The Morgan fingerprint density at radius 1 is 1.40 bits per heavy atom. The third-order valence-electron chi connectivity index (χ3n) is 2.51. The number of aromatic nitrogens is 1. The molecular weight excluding hydrogens is 208 g/mol. The van der Waals surface area contributed by atoms with Gasteiger partial charge in [-0.1, -0.05) is 31.0 Å². The highest BCUT2D eigenvalue weighted by atomic mass is 35.5. The van der Waals surface area contributed by atoms with E-state index < -0.39 is 0 Å². The maximum Gasteiger partial charge on any atom is 0.129 e. The molecule has 0 saturated carbocycles. The molecule has 1 aromatic heterocycles. The fourth-order valence-electron chi connectivity index (χ4n) is 1.68. The molecule has 15 heavy (non-hydrogen) atoms. The minimum atomic E-state index is 0.330. The van der Waals surface area contributed by atoms with Gasteiger partial charge in [0.1, 0.15) is 5.15 Å². The smallest absolute Gasteiger partial charge is 0.129 e. The first-order valence-corrected chi connectivity index (χ1v) is 5.88. The third-order valence-corrected chi connectivity index (χ3v) is 2.73. The summed E-state index contributed by atoms with van der Waals surface area (Å²) < 4.78 is 0. The minimum absolute atomic E-state index is 0.330. The highest BCUT2D eigenvalue weighted by Crippen LogP contribution is 2.14. The molecule has 0 aromatic carbocycles. The first-order chi connectivity index (χ1) is 7.13. The first kappa shape index (κ1) is 12.5. The molecule has 0 aliphatic heterocycles. The van der Waals surface area contributed by atoms with Gasteiger partial charge in [-0.2, -0.15) is 0 Å². The summed E-state index contributed by atoms with van der Waals surface area (Å²) in [4.78, 5) is 4.08. The number of hydrogen-bond donors (Lipinski definition) is 1. The molecular formula is C12H19ClN2. The van der Waals surface area contributed by atoms with Gasteiger partial charge in [-0.05, 0) is 31.9 Å². The van der Waals surface area contributed by atoms with E-state index in [1.807, 2.05) is 18.3 Å². The van der Waals surface area contributed by atoms with Crippen LogP contribution in [0.3, 0.4) is 0 Å². The lowest BCUT2D eigenvalue weighted by atomic mass is 10.1. The van der Waals surface area contributed by atoms with Crippen molar-refractivity contribution in [2.24, 2.45) is 0 Å². The molecule has 0 aliphatic rings. The molecule has 1 rings (SSSR count). The normalized spacial score (nSPS) is 14.9. The van der Waals surface area contributed by atoms with E-state index in [1.165, 1.54) is 18.4 Å². The number of nitrogens with one attached hydrogen (secondary N) is 1. The second-order valence-corrected chi connectivity index (χ2v) is 4.38. The summed E-state index contributed by atoms with van der Waals surface area (Å²) in [6.45, 7) is 6.56. The van der Waals surface area contributed by atoms with Crippen LogP contribution in [0.2, 0.25) is 5.15 Å². The lowest BCUT2D eigenvalue weighted by molar-refractivity contribution is 0.452. The van der Waals surface area contributed by atoms with Crippen molar-refractivity contribution in [2.45, 2.75) is 45.7 Å². The highest BCUT2D eigenvalue weighted by molar-refractivity contribution is 6.29. The second-order valence-electron chi connectivity index (χ2n) is 3.99. The molecule has 0 bridgehead atoms. The maximum atomic E-state index is 5.74. The Balaban J connectivity index is 2.53. The number of pyridine rings is 1. The summed E-state index contributed by atoms with van der Waals surface area (Å²) in [6, 6.07) is 4.72. The molecule has 0 spiro atoms. The van der Waals surface area contributed by atoms with E-state index in [0.717, 1.165) is 0 Å². The van der Waals surface area contributed by atoms with Gasteiger partial charge in [0.05, 0.1) is 0 Å². The Bertz CT molecular complexity index is 284. The zero-order valence-electron chi connectivity index (χ0n) is 9.63. The van der Waals surface area contributed by atoms with Crippen molar-refractivity contribution in [1.82, 2.24) is 10.3 Å². The van der Waals surface area contributed by atoms with Crippen molar-refractivity contribution in [1.29, 1.82) is 0 Å². The topological polar surface area (TPSA) is 24.9 Å². The lowest BCUT2D eigenvalue weighted by Gasteiger charge is -2.19. The Kier molecular flexibility index (Phi) is 5.06. The van der Waals surface area contributed by atoms with Gasteiger partial charge in [0.2, 0.25) is 0 Å². The van der Waals surface area contributed by atoms with Crippen molar-refractivity contribution < 1.29 is 0 Å². The van der Waals surface area contributed by atoms with Crippen LogP contribution in [-0.4, -0.2) is 11.0 Å². The van der Waals surface area contributed by atoms with Crippen LogP contribution < -0.4 is 5.32 Å². The molecule has 2 atom stereocenters. The highest BCUT2D eigenvalue weighted by Gasteiger charge is 2.08. The summed E-state index contributed by atoms with van der Waals surface area (Å²) in [7, 11) is 0. The molecule has 2 nitrogen and oxygen atoms in total. The fraction of sp³-hybridized carbons (Fsp3) is 0.583. The van der Waals surface area contributed by atoms with E-state index in [9.17, 15) is 0 Å². The summed E-state index contributed by atoms with van der Waals surface area (Å²) in [6.07, 6.45) is 4.24. The second kappa shape index (κ2) is 6.09. The molecule has 0 aliphatic carbocycles. The zero-order chi connectivity index (χ0) is 11.3. The van der Waals surface area contributed by atoms with Crippen LogP contribution in [-0.2, 0) is 0 Å². The monoisotopic (exact) mass is 226 g/mol. The van der Waals surface area contributed by atoms with Crippen molar-refractivity contribution >= 4 is 11.6 Å². The van der Waals surface area contributed by atoms with Crippen molar-refractivity contribution in [3.63, 3.8) is 0 Å². The Morgan fingerprint density at radius 3 is 2.67 bits per heavy atom. The van der Waals surface area contributed by atoms with E-state index in [0.29, 0.717) is 17.2 Å². The Labute approximate surface area is 97.1 Å². The van der Waals surface area contributed by atoms with Crippen molar-refractivity contribution in [3.8, 4) is 0 Å². The fourth-order valence-corrected chi connectivity index (χ4v) is 1.79. The standard InChI is InChI=1S/C12H19ClN2/c1-4-5-9(2)15-10(3)11-6-7-12(13)14-8-11/h6-10,15H,4-5H2,1-3H3. The number of halogens is 1. The third kappa shape index (κ3) is 4.18. The van der Waals surface area contributed by atoms with E-state index in [2.05, 4.69) is 31.1 Å². The average molecular weight is 227 g/mol. The average Bonchev–Trinajstić information content (AvgIpc) is 2.18. The molecule has 3 heteroatoms. The van der Waals surface area contributed by atoms with Crippen LogP contribution >= 0.6 is 11.6 Å². The number of nitrogens with zero attached hydrogens (tertiary/aromatic N) is 1. The van der Waals surface area contributed by atoms with E-state index in [-0.39, 0.29) is 0 Å². The van der Waals surface area contributed by atoms with Gasteiger partial charge in [0, 0.05) is 18.3 Å². The van der Waals surface area contributed by atoms with Crippen LogP contribution in [0.1, 0.15) is 45.2 Å². The quantitative estimate of drug-likeness (QED) is 0.777. The van der Waals surface area contributed by atoms with E-state index in [4.69, 9.17) is 11.6 Å². The Hall–Kier alpha value is -0.600. The van der Waals surface area contributed by atoms with E-state index >= 15 is 0 Å². The molecule has 2 unspecified atom stereocenters. The predicted octanol–water partition coefficient (Wildman–Crippen LogP) is 3.57. The van der Waals surface area contributed by atoms with E-state index in [1.54, 1.807) is 0 Å². The molecule has 0 radical (unpaired) electrons. The summed E-state index contributed by atoms with van der Waals surface area (Å²) in [5.74, 6) is 0.